The number of methoxy groups -OCH3 is 3. The van der Waals surface area contributed by atoms with E-state index in [1.807, 2.05) is 0 Å². The van der Waals surface area contributed by atoms with Gasteiger partial charge >= 0.3 is 0 Å². The average molecular weight is 485 g/mol. The fraction of sp³-hybridized carbons (Fsp3) is 0.273. The number of nitrogens with zero attached hydrogens (tertiary/aromatic N) is 3. The molecule has 35 heavy (non-hydrogen) atoms. The first-order chi connectivity index (χ1) is 16.6. The highest BCUT2D eigenvalue weighted by Gasteiger charge is 2.36. The van der Waals surface area contributed by atoms with Crippen molar-refractivity contribution in [1.82, 2.24) is 15.0 Å². The van der Waals surface area contributed by atoms with E-state index in [-0.39, 0.29) is 29.3 Å². The van der Waals surface area contributed by atoms with Gasteiger partial charge in [-0.2, -0.15) is 14.4 Å². The number of nitrogen functional groups attached to an aromatic ring is 1. The Balaban J connectivity index is 1.63. The van der Waals surface area contributed by atoms with Gasteiger partial charge in [0.15, 0.2) is 40.3 Å². The molecule has 3 heterocycles. The molecule has 13 heteroatoms. The molecule has 0 radical (unpaired) electrons. The molecular formula is C22H24FN7O5. The number of benzene rings is 1. The molecule has 0 fully saturated rings. The van der Waals surface area contributed by atoms with E-state index >= 15 is 0 Å². The Morgan fingerprint density at radius 3 is 2.34 bits per heavy atom. The van der Waals surface area contributed by atoms with Crippen LogP contribution in [0.15, 0.2) is 24.3 Å². The number of amides is 1. The zero-order valence-electron chi connectivity index (χ0n) is 19.6. The van der Waals surface area contributed by atoms with E-state index in [2.05, 4.69) is 30.9 Å². The SMILES string of the molecule is COc1cc(Nc2nc(N)c(F)c(Nc3ccc4c(n3)NC(=O)C(C)(C)O4)n2)cc(OC)c1OC. The summed E-state index contributed by atoms with van der Waals surface area (Å²) in [6, 6.07) is 6.42. The average Bonchev–Trinajstić information content (AvgIpc) is 2.82. The van der Waals surface area contributed by atoms with E-state index in [9.17, 15) is 9.18 Å². The van der Waals surface area contributed by atoms with Crippen LogP contribution in [0, 0.1) is 5.82 Å². The highest BCUT2D eigenvalue weighted by Crippen LogP contribution is 2.40. The van der Waals surface area contributed by atoms with Gasteiger partial charge in [-0.05, 0) is 26.0 Å². The number of carbonyl (C=O) groups excluding carboxylic acids is 1. The quantitative estimate of drug-likeness (QED) is 0.390. The van der Waals surface area contributed by atoms with Crippen LogP contribution in [0.4, 0.5) is 39.3 Å². The van der Waals surface area contributed by atoms with E-state index in [1.165, 1.54) is 21.3 Å². The summed E-state index contributed by atoms with van der Waals surface area (Å²) < 4.78 is 36.4. The smallest absolute Gasteiger partial charge is 0.269 e. The summed E-state index contributed by atoms with van der Waals surface area (Å²) in [7, 11) is 4.45. The van der Waals surface area contributed by atoms with Gasteiger partial charge in [-0.3, -0.25) is 4.79 Å². The Kier molecular flexibility index (Phi) is 6.07. The summed E-state index contributed by atoms with van der Waals surface area (Å²) in [4.78, 5) is 24.6. The summed E-state index contributed by atoms with van der Waals surface area (Å²) in [5.41, 5.74) is 5.21. The highest BCUT2D eigenvalue weighted by molar-refractivity contribution is 5.99. The molecular weight excluding hydrogens is 461 g/mol. The number of hydrogen-bond acceptors (Lipinski definition) is 11. The lowest BCUT2D eigenvalue weighted by atomic mass is 10.1. The fourth-order valence-corrected chi connectivity index (χ4v) is 3.27. The number of fused-ring (bicyclic) bond motifs is 1. The third-order valence-electron chi connectivity index (χ3n) is 5.05. The second-order valence-corrected chi connectivity index (χ2v) is 7.87. The third-order valence-corrected chi connectivity index (χ3v) is 5.05. The molecule has 1 aliphatic heterocycles. The van der Waals surface area contributed by atoms with E-state index in [0.717, 1.165) is 0 Å². The molecule has 184 valence electrons. The van der Waals surface area contributed by atoms with Crippen molar-refractivity contribution in [3.8, 4) is 23.0 Å². The molecule has 0 spiro atoms. The van der Waals surface area contributed by atoms with Crippen LogP contribution in [0.2, 0.25) is 0 Å². The van der Waals surface area contributed by atoms with E-state index < -0.39 is 17.2 Å². The molecule has 2 aromatic heterocycles. The van der Waals surface area contributed by atoms with Crippen molar-refractivity contribution >= 4 is 40.8 Å². The molecule has 0 saturated heterocycles. The van der Waals surface area contributed by atoms with Crippen LogP contribution in [-0.4, -0.2) is 47.8 Å². The molecule has 4 rings (SSSR count). The van der Waals surface area contributed by atoms with Gasteiger partial charge < -0.3 is 40.6 Å². The number of rotatable bonds is 7. The number of anilines is 6. The summed E-state index contributed by atoms with van der Waals surface area (Å²) in [5.74, 6) is 0.106. The standard InChI is InChI=1S/C22H24FN7O5/c1-22(2)20(31)29-18-11(35-22)6-7-14(26-18)27-19-15(23)17(24)28-21(30-19)25-10-8-12(32-3)16(34-5)13(9-10)33-4/h6-9H,1-5H3,(H5,24,25,26,27,28,29,30,31). The monoisotopic (exact) mass is 485 g/mol. The Labute approximate surface area is 200 Å². The minimum absolute atomic E-state index is 0.00276. The van der Waals surface area contributed by atoms with Gasteiger partial charge in [0.1, 0.15) is 5.82 Å². The predicted octanol–water partition coefficient (Wildman–Crippen LogP) is 3.22. The highest BCUT2D eigenvalue weighted by atomic mass is 19.1. The Bertz CT molecular complexity index is 1280. The predicted molar refractivity (Wildman–Crippen MR) is 127 cm³/mol. The van der Waals surface area contributed by atoms with Gasteiger partial charge in [0.2, 0.25) is 17.5 Å². The van der Waals surface area contributed by atoms with Crippen LogP contribution < -0.4 is 40.6 Å². The molecule has 12 nitrogen and oxygen atoms in total. The zero-order valence-corrected chi connectivity index (χ0v) is 19.6. The van der Waals surface area contributed by atoms with Crippen molar-refractivity contribution in [2.45, 2.75) is 19.4 Å². The van der Waals surface area contributed by atoms with Gasteiger partial charge in [-0.1, -0.05) is 0 Å². The number of ether oxygens (including phenoxy) is 4. The fourth-order valence-electron chi connectivity index (χ4n) is 3.27. The number of nitrogens with one attached hydrogen (secondary N) is 3. The summed E-state index contributed by atoms with van der Waals surface area (Å²) in [5, 5.41) is 8.36. The van der Waals surface area contributed by atoms with Crippen LogP contribution in [0.1, 0.15) is 13.8 Å². The third kappa shape index (κ3) is 4.60. The van der Waals surface area contributed by atoms with E-state index in [0.29, 0.717) is 28.7 Å². The molecule has 0 atom stereocenters. The van der Waals surface area contributed by atoms with E-state index in [1.54, 1.807) is 38.1 Å². The van der Waals surface area contributed by atoms with Crippen LogP contribution in [0.5, 0.6) is 23.0 Å². The summed E-state index contributed by atoms with van der Waals surface area (Å²) in [6.07, 6.45) is 0. The van der Waals surface area contributed by atoms with Crippen molar-refractivity contribution < 1.29 is 28.1 Å². The first kappa shape index (κ1) is 23.6. The minimum atomic E-state index is -1.04. The molecule has 1 amide bonds. The molecule has 0 bridgehead atoms. The molecule has 0 unspecified atom stereocenters. The lowest BCUT2D eigenvalue weighted by Gasteiger charge is -2.30. The summed E-state index contributed by atoms with van der Waals surface area (Å²) in [6.45, 7) is 3.28. The van der Waals surface area contributed by atoms with Crippen LogP contribution in [0.25, 0.3) is 0 Å². The van der Waals surface area contributed by atoms with Gasteiger partial charge in [0.25, 0.3) is 5.91 Å². The van der Waals surface area contributed by atoms with Crippen LogP contribution >= 0.6 is 0 Å². The summed E-state index contributed by atoms with van der Waals surface area (Å²) >= 11 is 0. The van der Waals surface area contributed by atoms with Gasteiger partial charge in [-0.15, -0.1) is 0 Å². The lowest BCUT2D eigenvalue weighted by Crippen LogP contribution is -2.46. The normalized spacial score (nSPS) is 13.7. The van der Waals surface area contributed by atoms with Gasteiger partial charge in [0, 0.05) is 17.8 Å². The molecule has 1 aliphatic rings. The van der Waals surface area contributed by atoms with Gasteiger partial charge in [-0.25, -0.2) is 4.98 Å². The molecule has 0 aliphatic carbocycles. The van der Waals surface area contributed by atoms with Crippen molar-refractivity contribution in [2.75, 3.05) is 43.0 Å². The van der Waals surface area contributed by atoms with Gasteiger partial charge in [0.05, 0.1) is 21.3 Å². The van der Waals surface area contributed by atoms with Crippen molar-refractivity contribution in [2.24, 2.45) is 0 Å². The van der Waals surface area contributed by atoms with Crippen LogP contribution in [-0.2, 0) is 4.79 Å². The lowest BCUT2D eigenvalue weighted by molar-refractivity contribution is -0.129. The second kappa shape index (κ2) is 9.00. The van der Waals surface area contributed by atoms with E-state index in [4.69, 9.17) is 24.7 Å². The maximum Gasteiger partial charge on any atom is 0.269 e. The maximum atomic E-state index is 14.7. The van der Waals surface area contributed by atoms with Crippen molar-refractivity contribution in [1.29, 1.82) is 0 Å². The second-order valence-electron chi connectivity index (χ2n) is 7.87. The number of aromatic nitrogens is 3. The largest absolute Gasteiger partial charge is 0.493 e. The van der Waals surface area contributed by atoms with Crippen LogP contribution in [0.3, 0.4) is 0 Å². The number of halogens is 1. The Hall–Kier alpha value is -4.55. The topological polar surface area (TPSA) is 155 Å². The minimum Gasteiger partial charge on any atom is -0.493 e. The Morgan fingerprint density at radius 1 is 1.03 bits per heavy atom. The number of pyridine rings is 1. The zero-order chi connectivity index (χ0) is 25.3. The molecule has 3 aromatic rings. The Morgan fingerprint density at radius 2 is 1.71 bits per heavy atom. The first-order valence-corrected chi connectivity index (χ1v) is 10.3. The first-order valence-electron chi connectivity index (χ1n) is 10.3. The molecule has 5 N–H and O–H groups in total. The molecule has 1 aromatic carbocycles. The number of nitrogens with two attached hydrogens (primary N) is 1. The molecule has 0 saturated carbocycles. The number of hydrogen-bond donors (Lipinski definition) is 4. The van der Waals surface area contributed by atoms with Crippen molar-refractivity contribution in [3.63, 3.8) is 0 Å². The maximum absolute atomic E-state index is 14.7. The number of carbonyl (C=O) groups is 1. The van der Waals surface area contributed by atoms with Crippen molar-refractivity contribution in [3.05, 3.63) is 30.1 Å².